The molecule has 0 aliphatic rings. The van der Waals surface area contributed by atoms with Crippen molar-refractivity contribution in [2.45, 2.75) is 13.0 Å². The topological polar surface area (TPSA) is 70.6 Å². The molecule has 0 spiro atoms. The fourth-order valence-corrected chi connectivity index (χ4v) is 2.01. The van der Waals surface area contributed by atoms with Crippen LogP contribution in [0.25, 0.3) is 0 Å². The molecule has 0 aromatic heterocycles. The molecule has 110 valence electrons. The van der Waals surface area contributed by atoms with E-state index in [0.717, 1.165) is 16.8 Å². The van der Waals surface area contributed by atoms with E-state index >= 15 is 0 Å². The zero-order valence-electron chi connectivity index (χ0n) is 11.8. The molecule has 0 bridgehead atoms. The third-order valence-corrected chi connectivity index (χ3v) is 3.23. The van der Waals surface area contributed by atoms with E-state index in [1.165, 1.54) is 0 Å². The third kappa shape index (κ3) is 4.77. The molecule has 4 nitrogen and oxygen atoms in total. The molecule has 0 heterocycles. The average Bonchev–Trinajstić information content (AvgIpc) is 2.45. The molecule has 21 heavy (non-hydrogen) atoms. The van der Waals surface area contributed by atoms with Gasteiger partial charge in [0.25, 0.3) is 0 Å². The van der Waals surface area contributed by atoms with Crippen LogP contribution in [0.15, 0.2) is 53.5 Å². The van der Waals surface area contributed by atoms with Crippen LogP contribution in [0.5, 0.6) is 0 Å². The van der Waals surface area contributed by atoms with Gasteiger partial charge in [-0.25, -0.2) is 0 Å². The first-order valence-corrected chi connectivity index (χ1v) is 6.99. The molecule has 0 amide bonds. The average molecular weight is 304 g/mol. The number of aliphatic hydroxyl groups excluding tert-OH is 1. The number of hydrogen-bond acceptors (Lipinski definition) is 2. The lowest BCUT2D eigenvalue weighted by Gasteiger charge is -2.10. The molecule has 0 radical (unpaired) electrons. The molecule has 2 aromatic rings. The third-order valence-electron chi connectivity index (χ3n) is 2.98. The summed E-state index contributed by atoms with van der Waals surface area (Å²) in [4.78, 5) is 4.15. The lowest BCUT2D eigenvalue weighted by atomic mass is 10.1. The number of rotatable bonds is 4. The van der Waals surface area contributed by atoms with Crippen molar-refractivity contribution < 1.29 is 5.11 Å². The Kier molecular flexibility index (Phi) is 5.20. The molecule has 0 fully saturated rings. The first-order valence-electron chi connectivity index (χ1n) is 6.62. The Labute approximate surface area is 129 Å². The Morgan fingerprint density at radius 2 is 2.00 bits per heavy atom. The van der Waals surface area contributed by atoms with Gasteiger partial charge >= 0.3 is 0 Å². The fourth-order valence-electron chi connectivity index (χ4n) is 1.89. The minimum absolute atomic E-state index is 0.187. The maximum absolute atomic E-state index is 10.0. The number of nitrogens with two attached hydrogens (primary N) is 1. The Hall–Kier alpha value is -2.04. The second kappa shape index (κ2) is 7.11. The SMILES string of the molecule is Cc1cccc(NC(N)=NCC(O)c2ccc(Cl)cc2)c1. The molecule has 4 N–H and O–H groups in total. The van der Waals surface area contributed by atoms with Crippen molar-refractivity contribution in [3.8, 4) is 0 Å². The van der Waals surface area contributed by atoms with Crippen LogP contribution < -0.4 is 11.1 Å². The van der Waals surface area contributed by atoms with Crippen LogP contribution in [-0.2, 0) is 0 Å². The van der Waals surface area contributed by atoms with Gasteiger partial charge in [0, 0.05) is 10.7 Å². The van der Waals surface area contributed by atoms with Gasteiger partial charge in [-0.05, 0) is 42.3 Å². The van der Waals surface area contributed by atoms with Crippen molar-refractivity contribution in [1.29, 1.82) is 0 Å². The maximum atomic E-state index is 10.0. The van der Waals surface area contributed by atoms with Crippen LogP contribution in [-0.4, -0.2) is 17.6 Å². The van der Waals surface area contributed by atoms with E-state index in [2.05, 4.69) is 10.3 Å². The van der Waals surface area contributed by atoms with Gasteiger partial charge in [0.2, 0.25) is 0 Å². The van der Waals surface area contributed by atoms with E-state index in [0.29, 0.717) is 5.02 Å². The highest BCUT2D eigenvalue weighted by Gasteiger charge is 2.06. The van der Waals surface area contributed by atoms with Gasteiger partial charge in [-0.2, -0.15) is 0 Å². The van der Waals surface area contributed by atoms with Crippen molar-refractivity contribution >= 4 is 23.2 Å². The normalized spacial score (nSPS) is 13.0. The van der Waals surface area contributed by atoms with Crippen LogP contribution >= 0.6 is 11.6 Å². The largest absolute Gasteiger partial charge is 0.386 e. The first-order chi connectivity index (χ1) is 10.0. The van der Waals surface area contributed by atoms with Gasteiger partial charge < -0.3 is 16.2 Å². The van der Waals surface area contributed by atoms with Gasteiger partial charge in [0.1, 0.15) is 0 Å². The summed E-state index contributed by atoms with van der Waals surface area (Å²) < 4.78 is 0. The van der Waals surface area contributed by atoms with E-state index in [9.17, 15) is 5.11 Å². The number of anilines is 1. The Morgan fingerprint density at radius 1 is 1.29 bits per heavy atom. The highest BCUT2D eigenvalue weighted by atomic mass is 35.5. The fraction of sp³-hybridized carbons (Fsp3) is 0.188. The smallest absolute Gasteiger partial charge is 0.193 e. The van der Waals surface area contributed by atoms with Gasteiger partial charge in [0.05, 0.1) is 12.6 Å². The molecule has 2 rings (SSSR count). The Bertz CT molecular complexity index is 626. The first kappa shape index (κ1) is 15.4. The highest BCUT2D eigenvalue weighted by Crippen LogP contribution is 2.16. The van der Waals surface area contributed by atoms with Crippen LogP contribution in [0, 0.1) is 6.92 Å². The van der Waals surface area contributed by atoms with E-state index in [4.69, 9.17) is 17.3 Å². The zero-order valence-corrected chi connectivity index (χ0v) is 12.5. The number of aliphatic imine (C=N–C) groups is 1. The maximum Gasteiger partial charge on any atom is 0.193 e. The summed E-state index contributed by atoms with van der Waals surface area (Å²) in [5, 5.41) is 13.7. The van der Waals surface area contributed by atoms with E-state index in [1.807, 2.05) is 31.2 Å². The standard InChI is InChI=1S/C16H18ClN3O/c1-11-3-2-4-14(9-11)20-16(18)19-10-15(21)12-5-7-13(17)8-6-12/h2-9,15,21H,10H2,1H3,(H3,18,19,20). The van der Waals surface area contributed by atoms with Crippen molar-refractivity contribution in [2.75, 3.05) is 11.9 Å². The Morgan fingerprint density at radius 3 is 2.67 bits per heavy atom. The van der Waals surface area contributed by atoms with Gasteiger partial charge in [0.15, 0.2) is 5.96 Å². The molecule has 0 saturated heterocycles. The second-order valence-electron chi connectivity index (χ2n) is 4.79. The lowest BCUT2D eigenvalue weighted by molar-refractivity contribution is 0.187. The quantitative estimate of drug-likeness (QED) is 0.600. The van der Waals surface area contributed by atoms with E-state index in [1.54, 1.807) is 24.3 Å². The molecule has 1 atom stereocenters. The molecule has 0 aliphatic heterocycles. The van der Waals surface area contributed by atoms with Crippen LogP contribution in [0.4, 0.5) is 5.69 Å². The van der Waals surface area contributed by atoms with E-state index in [-0.39, 0.29) is 12.5 Å². The summed E-state index contributed by atoms with van der Waals surface area (Å²) in [5.41, 5.74) is 8.57. The van der Waals surface area contributed by atoms with Crippen molar-refractivity contribution in [3.63, 3.8) is 0 Å². The predicted molar refractivity (Wildman–Crippen MR) is 87.7 cm³/mol. The zero-order chi connectivity index (χ0) is 15.2. The monoisotopic (exact) mass is 303 g/mol. The minimum Gasteiger partial charge on any atom is -0.386 e. The van der Waals surface area contributed by atoms with Crippen LogP contribution in [0.3, 0.4) is 0 Å². The molecule has 1 unspecified atom stereocenters. The van der Waals surface area contributed by atoms with Crippen molar-refractivity contribution in [3.05, 3.63) is 64.7 Å². The highest BCUT2D eigenvalue weighted by molar-refractivity contribution is 6.30. The van der Waals surface area contributed by atoms with Gasteiger partial charge in [-0.15, -0.1) is 0 Å². The molecular formula is C16H18ClN3O. The molecule has 0 aliphatic carbocycles. The number of guanidine groups is 1. The summed E-state index contributed by atoms with van der Waals surface area (Å²) >= 11 is 5.81. The molecule has 0 saturated carbocycles. The lowest BCUT2D eigenvalue weighted by Crippen LogP contribution is -2.23. The van der Waals surface area contributed by atoms with Crippen molar-refractivity contribution in [1.82, 2.24) is 0 Å². The summed E-state index contributed by atoms with van der Waals surface area (Å²) in [6.45, 7) is 2.19. The molecular weight excluding hydrogens is 286 g/mol. The number of aryl methyl sites for hydroxylation is 1. The minimum atomic E-state index is -0.708. The molecule has 5 heteroatoms. The second-order valence-corrected chi connectivity index (χ2v) is 5.22. The number of halogens is 1. The van der Waals surface area contributed by atoms with Gasteiger partial charge in [-0.3, -0.25) is 4.99 Å². The predicted octanol–water partition coefficient (Wildman–Crippen LogP) is 3.11. The summed E-state index contributed by atoms with van der Waals surface area (Å²) in [5.74, 6) is 0.272. The van der Waals surface area contributed by atoms with Gasteiger partial charge in [-0.1, -0.05) is 35.9 Å². The van der Waals surface area contributed by atoms with Crippen molar-refractivity contribution in [2.24, 2.45) is 10.7 Å². The summed E-state index contributed by atoms with van der Waals surface area (Å²) in [6, 6.07) is 14.8. The number of nitrogens with zero attached hydrogens (tertiary/aromatic N) is 1. The number of aliphatic hydroxyl groups is 1. The number of benzene rings is 2. The number of hydrogen-bond donors (Lipinski definition) is 3. The Balaban J connectivity index is 1.95. The molecule has 2 aromatic carbocycles. The summed E-state index contributed by atoms with van der Waals surface area (Å²) in [6.07, 6.45) is -0.708. The van der Waals surface area contributed by atoms with Crippen LogP contribution in [0.1, 0.15) is 17.2 Å². The number of nitrogens with one attached hydrogen (secondary N) is 1. The van der Waals surface area contributed by atoms with E-state index < -0.39 is 6.10 Å². The van der Waals surface area contributed by atoms with Crippen LogP contribution in [0.2, 0.25) is 5.02 Å². The summed E-state index contributed by atoms with van der Waals surface area (Å²) in [7, 11) is 0.